The number of fused-ring (bicyclic) bond motifs is 1. The third-order valence-electron chi connectivity index (χ3n) is 3.30. The van der Waals surface area contributed by atoms with E-state index in [1.165, 1.54) is 17.5 Å². The third kappa shape index (κ3) is 1.93. The third-order valence-corrected chi connectivity index (χ3v) is 3.30. The Kier molecular flexibility index (Phi) is 2.80. The molecule has 2 aliphatic rings. The Hall–Kier alpha value is -1.06. The standard InChI is InChI=1S/C13H17NO2/c1-3-10-7-14-8-12(10)13(5-1)16-9-11-4-2-6-15-11/h1,3,5,11,14H,2,4,6-9H2. The van der Waals surface area contributed by atoms with E-state index < -0.39 is 0 Å². The minimum atomic E-state index is 0.296. The molecular formula is C13H17NO2. The number of nitrogens with one attached hydrogen (secondary N) is 1. The van der Waals surface area contributed by atoms with Gasteiger partial charge in [0, 0.05) is 25.3 Å². The van der Waals surface area contributed by atoms with Crippen LogP contribution in [0, 0.1) is 0 Å². The smallest absolute Gasteiger partial charge is 0.124 e. The fourth-order valence-electron chi connectivity index (χ4n) is 2.39. The minimum absolute atomic E-state index is 0.296. The van der Waals surface area contributed by atoms with E-state index in [4.69, 9.17) is 9.47 Å². The van der Waals surface area contributed by atoms with E-state index in [2.05, 4.69) is 23.5 Å². The maximum absolute atomic E-state index is 5.87. The predicted molar refractivity (Wildman–Crippen MR) is 61.5 cm³/mol. The van der Waals surface area contributed by atoms with Crippen LogP contribution >= 0.6 is 0 Å². The molecule has 0 aliphatic carbocycles. The Labute approximate surface area is 95.8 Å². The first-order valence-corrected chi connectivity index (χ1v) is 5.99. The molecule has 1 aromatic rings. The average molecular weight is 219 g/mol. The molecule has 1 atom stereocenters. The molecule has 1 saturated heterocycles. The maximum atomic E-state index is 5.87. The first-order valence-electron chi connectivity index (χ1n) is 5.99. The van der Waals surface area contributed by atoms with Gasteiger partial charge in [0.2, 0.25) is 0 Å². The highest BCUT2D eigenvalue weighted by Crippen LogP contribution is 2.26. The van der Waals surface area contributed by atoms with Crippen LogP contribution in [0.25, 0.3) is 0 Å². The molecule has 86 valence electrons. The van der Waals surface area contributed by atoms with E-state index in [1.807, 2.05) is 0 Å². The second kappa shape index (κ2) is 4.44. The topological polar surface area (TPSA) is 30.5 Å². The summed E-state index contributed by atoms with van der Waals surface area (Å²) in [6.07, 6.45) is 2.60. The molecule has 3 rings (SSSR count). The first kappa shape index (κ1) is 10.1. The van der Waals surface area contributed by atoms with Crippen molar-refractivity contribution in [3.05, 3.63) is 29.3 Å². The molecule has 0 saturated carbocycles. The van der Waals surface area contributed by atoms with Gasteiger partial charge in [0.15, 0.2) is 0 Å². The van der Waals surface area contributed by atoms with Gasteiger partial charge in [0.05, 0.1) is 6.10 Å². The molecule has 0 bridgehead atoms. The summed E-state index contributed by atoms with van der Waals surface area (Å²) < 4.78 is 11.4. The van der Waals surface area contributed by atoms with Crippen molar-refractivity contribution in [1.29, 1.82) is 0 Å². The summed E-state index contributed by atoms with van der Waals surface area (Å²) in [6, 6.07) is 6.28. The van der Waals surface area contributed by atoms with Crippen molar-refractivity contribution in [1.82, 2.24) is 5.32 Å². The van der Waals surface area contributed by atoms with Gasteiger partial charge in [-0.2, -0.15) is 0 Å². The van der Waals surface area contributed by atoms with Crippen molar-refractivity contribution in [2.45, 2.75) is 32.0 Å². The Balaban J connectivity index is 1.67. The van der Waals surface area contributed by atoms with Gasteiger partial charge in [-0.25, -0.2) is 0 Å². The normalized spacial score (nSPS) is 23.4. The van der Waals surface area contributed by atoms with Crippen LogP contribution in [-0.4, -0.2) is 19.3 Å². The summed E-state index contributed by atoms with van der Waals surface area (Å²) in [5, 5.41) is 3.34. The fraction of sp³-hybridized carbons (Fsp3) is 0.538. The van der Waals surface area contributed by atoms with Crippen LogP contribution < -0.4 is 10.1 Å². The van der Waals surface area contributed by atoms with E-state index in [0.29, 0.717) is 12.7 Å². The minimum Gasteiger partial charge on any atom is -0.491 e. The van der Waals surface area contributed by atoms with Crippen LogP contribution in [0.1, 0.15) is 24.0 Å². The van der Waals surface area contributed by atoms with Crippen LogP contribution in [0.5, 0.6) is 5.75 Å². The number of rotatable bonds is 3. The van der Waals surface area contributed by atoms with Gasteiger partial charge in [0.1, 0.15) is 12.4 Å². The van der Waals surface area contributed by atoms with Crippen molar-refractivity contribution in [2.24, 2.45) is 0 Å². The van der Waals surface area contributed by atoms with Gasteiger partial charge in [0.25, 0.3) is 0 Å². The lowest BCUT2D eigenvalue weighted by Gasteiger charge is -2.13. The van der Waals surface area contributed by atoms with E-state index in [-0.39, 0.29) is 0 Å². The molecule has 2 aliphatic heterocycles. The van der Waals surface area contributed by atoms with E-state index in [1.54, 1.807) is 0 Å². The van der Waals surface area contributed by atoms with Crippen molar-refractivity contribution in [3.63, 3.8) is 0 Å². The highest BCUT2D eigenvalue weighted by atomic mass is 16.5. The van der Waals surface area contributed by atoms with Gasteiger partial charge >= 0.3 is 0 Å². The average Bonchev–Trinajstić information content (AvgIpc) is 2.97. The lowest BCUT2D eigenvalue weighted by Crippen LogP contribution is -2.16. The molecule has 0 aromatic heterocycles. The number of hydrogen-bond acceptors (Lipinski definition) is 3. The van der Waals surface area contributed by atoms with Crippen LogP contribution in [0.2, 0.25) is 0 Å². The second-order valence-electron chi connectivity index (χ2n) is 4.44. The van der Waals surface area contributed by atoms with E-state index >= 15 is 0 Å². The Bertz CT molecular complexity index is 372. The van der Waals surface area contributed by atoms with Crippen LogP contribution in [0.4, 0.5) is 0 Å². The van der Waals surface area contributed by atoms with Gasteiger partial charge < -0.3 is 14.8 Å². The summed E-state index contributed by atoms with van der Waals surface area (Å²) in [6.45, 7) is 3.47. The summed E-state index contributed by atoms with van der Waals surface area (Å²) >= 11 is 0. The molecule has 1 fully saturated rings. The Morgan fingerprint density at radius 2 is 2.38 bits per heavy atom. The van der Waals surface area contributed by atoms with Crippen molar-refractivity contribution in [3.8, 4) is 5.75 Å². The number of hydrogen-bond donors (Lipinski definition) is 1. The molecule has 0 radical (unpaired) electrons. The SMILES string of the molecule is c1cc2c(c(OCC3CCCO3)c1)CNC2. The largest absolute Gasteiger partial charge is 0.491 e. The zero-order chi connectivity index (χ0) is 10.8. The number of ether oxygens (including phenoxy) is 2. The van der Waals surface area contributed by atoms with Crippen molar-refractivity contribution in [2.75, 3.05) is 13.2 Å². The van der Waals surface area contributed by atoms with Gasteiger partial charge in [-0.3, -0.25) is 0 Å². The molecule has 0 amide bonds. The van der Waals surface area contributed by atoms with Gasteiger partial charge in [-0.15, -0.1) is 0 Å². The predicted octanol–water partition coefficient (Wildman–Crippen LogP) is 1.85. The fourth-order valence-corrected chi connectivity index (χ4v) is 2.39. The number of benzene rings is 1. The first-order chi connectivity index (χ1) is 7.93. The Morgan fingerprint density at radius 1 is 1.38 bits per heavy atom. The van der Waals surface area contributed by atoms with Gasteiger partial charge in [-0.1, -0.05) is 12.1 Å². The summed E-state index contributed by atoms with van der Waals surface area (Å²) in [7, 11) is 0. The lowest BCUT2D eigenvalue weighted by atomic mass is 10.1. The second-order valence-corrected chi connectivity index (χ2v) is 4.44. The zero-order valence-electron chi connectivity index (χ0n) is 9.37. The summed E-state index contributed by atoms with van der Waals surface area (Å²) in [4.78, 5) is 0. The quantitative estimate of drug-likeness (QED) is 0.841. The maximum Gasteiger partial charge on any atom is 0.124 e. The molecule has 2 heterocycles. The summed E-state index contributed by atoms with van der Waals surface area (Å²) in [5.41, 5.74) is 2.69. The van der Waals surface area contributed by atoms with Crippen LogP contribution in [0.15, 0.2) is 18.2 Å². The van der Waals surface area contributed by atoms with Crippen LogP contribution in [-0.2, 0) is 17.8 Å². The van der Waals surface area contributed by atoms with E-state index in [0.717, 1.165) is 31.9 Å². The van der Waals surface area contributed by atoms with Crippen LogP contribution in [0.3, 0.4) is 0 Å². The van der Waals surface area contributed by atoms with Crippen molar-refractivity contribution < 1.29 is 9.47 Å². The molecule has 1 unspecified atom stereocenters. The molecule has 1 N–H and O–H groups in total. The lowest BCUT2D eigenvalue weighted by molar-refractivity contribution is 0.0676. The molecule has 3 heteroatoms. The molecular weight excluding hydrogens is 202 g/mol. The van der Waals surface area contributed by atoms with Crippen molar-refractivity contribution >= 4 is 0 Å². The summed E-state index contributed by atoms with van der Waals surface area (Å²) in [5.74, 6) is 1.03. The molecule has 1 aromatic carbocycles. The molecule has 0 spiro atoms. The Morgan fingerprint density at radius 3 is 3.25 bits per heavy atom. The molecule has 3 nitrogen and oxygen atoms in total. The van der Waals surface area contributed by atoms with Gasteiger partial charge in [-0.05, 0) is 24.5 Å². The monoisotopic (exact) mass is 219 g/mol. The van der Waals surface area contributed by atoms with E-state index in [9.17, 15) is 0 Å². The highest BCUT2D eigenvalue weighted by molar-refractivity contribution is 5.42. The highest BCUT2D eigenvalue weighted by Gasteiger charge is 2.18. The zero-order valence-corrected chi connectivity index (χ0v) is 9.37. The molecule has 16 heavy (non-hydrogen) atoms.